The maximum absolute atomic E-state index is 5.43. The van der Waals surface area contributed by atoms with Crippen LogP contribution in [0.1, 0.15) is 40.5 Å². The summed E-state index contributed by atoms with van der Waals surface area (Å²) in [5, 5.41) is 14.2. The fraction of sp³-hybridized carbons (Fsp3) is 0.833. The van der Waals surface area contributed by atoms with Crippen LogP contribution in [0.2, 0.25) is 0 Å². The number of hydrogen-bond acceptors (Lipinski definition) is 6. The molecule has 1 aromatic rings. The molecular formula is C12H24N4O2. The van der Waals surface area contributed by atoms with Gasteiger partial charge in [-0.05, 0) is 34.6 Å². The van der Waals surface area contributed by atoms with Crippen LogP contribution >= 0.6 is 0 Å². The Morgan fingerprint density at radius 1 is 1.28 bits per heavy atom. The van der Waals surface area contributed by atoms with Gasteiger partial charge in [0.25, 0.3) is 0 Å². The summed E-state index contributed by atoms with van der Waals surface area (Å²) in [6.07, 6.45) is 0.237. The third-order valence-electron chi connectivity index (χ3n) is 2.07. The van der Waals surface area contributed by atoms with Gasteiger partial charge in [0, 0.05) is 12.1 Å². The molecule has 0 amide bonds. The Kier molecular flexibility index (Phi) is 5.55. The van der Waals surface area contributed by atoms with Crippen molar-refractivity contribution in [1.82, 2.24) is 15.5 Å². The van der Waals surface area contributed by atoms with E-state index in [-0.39, 0.29) is 11.6 Å². The van der Waals surface area contributed by atoms with Crippen molar-refractivity contribution in [3.8, 4) is 0 Å². The minimum absolute atomic E-state index is 0.0349. The van der Waals surface area contributed by atoms with E-state index in [1.807, 2.05) is 13.8 Å². The minimum atomic E-state index is 0.0349. The van der Waals surface area contributed by atoms with Gasteiger partial charge in [-0.15, -0.1) is 5.10 Å². The quantitative estimate of drug-likeness (QED) is 0.725. The molecule has 1 rings (SSSR count). The van der Waals surface area contributed by atoms with E-state index in [2.05, 4.69) is 41.6 Å². The molecule has 0 spiro atoms. The van der Waals surface area contributed by atoms with Gasteiger partial charge >= 0.3 is 6.01 Å². The van der Waals surface area contributed by atoms with Gasteiger partial charge in [0.05, 0.1) is 19.3 Å². The molecule has 0 atom stereocenters. The maximum atomic E-state index is 5.43. The van der Waals surface area contributed by atoms with Crippen LogP contribution in [0.25, 0.3) is 0 Å². The van der Waals surface area contributed by atoms with E-state index < -0.39 is 0 Å². The van der Waals surface area contributed by atoms with Crippen LogP contribution < -0.4 is 10.6 Å². The fourth-order valence-corrected chi connectivity index (χ4v) is 1.19. The second kappa shape index (κ2) is 6.70. The molecule has 0 radical (unpaired) electrons. The SMILES string of the molecule is CC(C)OCCNc1nnc(CNC(C)(C)C)o1. The molecule has 6 nitrogen and oxygen atoms in total. The summed E-state index contributed by atoms with van der Waals surface area (Å²) in [5.74, 6) is 0.581. The molecule has 0 unspecified atom stereocenters. The van der Waals surface area contributed by atoms with Crippen LogP contribution in [0.4, 0.5) is 6.01 Å². The average molecular weight is 256 g/mol. The normalized spacial score (nSPS) is 12.1. The molecule has 0 aliphatic heterocycles. The maximum Gasteiger partial charge on any atom is 0.315 e. The van der Waals surface area contributed by atoms with Crippen molar-refractivity contribution in [1.29, 1.82) is 0 Å². The van der Waals surface area contributed by atoms with E-state index in [9.17, 15) is 0 Å². The first-order chi connectivity index (χ1) is 8.37. The van der Waals surface area contributed by atoms with Crippen molar-refractivity contribution in [2.75, 3.05) is 18.5 Å². The van der Waals surface area contributed by atoms with Crippen molar-refractivity contribution in [2.24, 2.45) is 0 Å². The highest BCUT2D eigenvalue weighted by Crippen LogP contribution is 2.07. The molecule has 0 bridgehead atoms. The molecule has 0 fully saturated rings. The molecule has 0 aliphatic rings. The highest BCUT2D eigenvalue weighted by molar-refractivity contribution is 5.16. The van der Waals surface area contributed by atoms with Crippen molar-refractivity contribution in [3.63, 3.8) is 0 Å². The standard InChI is InChI=1S/C12H24N4O2/c1-9(2)17-7-6-13-11-16-15-10(18-11)8-14-12(3,4)5/h9,14H,6-8H2,1-5H3,(H,13,16). The molecule has 6 heteroatoms. The fourth-order valence-electron chi connectivity index (χ4n) is 1.19. The number of ether oxygens (including phenoxy) is 1. The summed E-state index contributed by atoms with van der Waals surface area (Å²) < 4.78 is 10.8. The van der Waals surface area contributed by atoms with Crippen molar-refractivity contribution >= 4 is 6.01 Å². The van der Waals surface area contributed by atoms with Crippen molar-refractivity contribution in [2.45, 2.75) is 52.8 Å². The molecule has 2 N–H and O–H groups in total. The first-order valence-corrected chi connectivity index (χ1v) is 6.30. The van der Waals surface area contributed by atoms with Crippen LogP contribution in [0, 0.1) is 0 Å². The average Bonchev–Trinajstić information content (AvgIpc) is 2.68. The monoisotopic (exact) mass is 256 g/mol. The lowest BCUT2D eigenvalue weighted by Gasteiger charge is -2.18. The van der Waals surface area contributed by atoms with Gasteiger partial charge in [-0.1, -0.05) is 5.10 Å². The van der Waals surface area contributed by atoms with Gasteiger partial charge in [0.15, 0.2) is 0 Å². The van der Waals surface area contributed by atoms with E-state index in [0.717, 1.165) is 0 Å². The number of rotatable bonds is 7. The first kappa shape index (κ1) is 14.9. The molecule has 104 valence electrons. The molecule has 0 aliphatic carbocycles. The molecular weight excluding hydrogens is 232 g/mol. The highest BCUT2D eigenvalue weighted by atomic mass is 16.5. The topological polar surface area (TPSA) is 72.2 Å². The summed E-state index contributed by atoms with van der Waals surface area (Å²) in [7, 11) is 0. The summed E-state index contributed by atoms with van der Waals surface area (Å²) >= 11 is 0. The van der Waals surface area contributed by atoms with E-state index in [1.54, 1.807) is 0 Å². The second-order valence-corrected chi connectivity index (χ2v) is 5.45. The zero-order chi connectivity index (χ0) is 13.6. The Balaban J connectivity index is 2.26. The van der Waals surface area contributed by atoms with Crippen LogP contribution in [0.15, 0.2) is 4.42 Å². The summed E-state index contributed by atoms with van der Waals surface area (Å²) in [6, 6.07) is 0.438. The highest BCUT2D eigenvalue weighted by Gasteiger charge is 2.11. The van der Waals surface area contributed by atoms with Gasteiger partial charge in [-0.25, -0.2) is 0 Å². The Bertz CT molecular complexity index is 344. The molecule has 1 heterocycles. The number of hydrogen-bond donors (Lipinski definition) is 2. The zero-order valence-electron chi connectivity index (χ0n) is 11.9. The van der Waals surface area contributed by atoms with Crippen molar-refractivity contribution in [3.05, 3.63) is 5.89 Å². The zero-order valence-corrected chi connectivity index (χ0v) is 11.9. The molecule has 0 saturated heterocycles. The summed E-state index contributed by atoms with van der Waals surface area (Å²) in [6.45, 7) is 12.1. The van der Waals surface area contributed by atoms with Crippen LogP contribution in [-0.4, -0.2) is 35.0 Å². The predicted octanol–water partition coefficient (Wildman–Crippen LogP) is 1.79. The number of anilines is 1. The number of nitrogens with zero attached hydrogens (tertiary/aromatic N) is 2. The van der Waals surface area contributed by atoms with Gasteiger partial charge < -0.3 is 19.8 Å². The summed E-state index contributed by atoms with van der Waals surface area (Å²) in [5.41, 5.74) is 0.0349. The second-order valence-electron chi connectivity index (χ2n) is 5.45. The minimum Gasteiger partial charge on any atom is -0.407 e. The van der Waals surface area contributed by atoms with Crippen LogP contribution in [-0.2, 0) is 11.3 Å². The third kappa shape index (κ3) is 6.56. The van der Waals surface area contributed by atoms with E-state index in [4.69, 9.17) is 9.15 Å². The lowest BCUT2D eigenvalue weighted by Crippen LogP contribution is -2.35. The van der Waals surface area contributed by atoms with Gasteiger partial charge in [-0.3, -0.25) is 0 Å². The van der Waals surface area contributed by atoms with Gasteiger partial charge in [-0.2, -0.15) is 0 Å². The van der Waals surface area contributed by atoms with Gasteiger partial charge in [0.2, 0.25) is 5.89 Å². The predicted molar refractivity (Wildman–Crippen MR) is 70.5 cm³/mol. The van der Waals surface area contributed by atoms with E-state index in [0.29, 0.717) is 31.6 Å². The molecule has 0 saturated carbocycles. The van der Waals surface area contributed by atoms with E-state index >= 15 is 0 Å². The van der Waals surface area contributed by atoms with Gasteiger partial charge in [0.1, 0.15) is 0 Å². The third-order valence-corrected chi connectivity index (χ3v) is 2.07. The first-order valence-electron chi connectivity index (χ1n) is 6.30. The number of nitrogens with one attached hydrogen (secondary N) is 2. The lowest BCUT2D eigenvalue weighted by atomic mass is 10.1. The Labute approximate surface area is 108 Å². The Morgan fingerprint density at radius 2 is 2.00 bits per heavy atom. The molecule has 1 aromatic heterocycles. The lowest BCUT2D eigenvalue weighted by molar-refractivity contribution is 0.0868. The Morgan fingerprint density at radius 3 is 2.61 bits per heavy atom. The molecule has 18 heavy (non-hydrogen) atoms. The smallest absolute Gasteiger partial charge is 0.315 e. The van der Waals surface area contributed by atoms with Crippen LogP contribution in [0.5, 0.6) is 0 Å². The summed E-state index contributed by atoms with van der Waals surface area (Å²) in [4.78, 5) is 0. The largest absolute Gasteiger partial charge is 0.407 e. The van der Waals surface area contributed by atoms with Crippen molar-refractivity contribution < 1.29 is 9.15 Å². The van der Waals surface area contributed by atoms with E-state index in [1.165, 1.54) is 0 Å². The molecule has 0 aromatic carbocycles. The number of aromatic nitrogens is 2. The van der Waals surface area contributed by atoms with Crippen LogP contribution in [0.3, 0.4) is 0 Å². The Hall–Kier alpha value is -1.14.